The second-order valence-electron chi connectivity index (χ2n) is 11.0. The van der Waals surface area contributed by atoms with Gasteiger partial charge in [-0.25, -0.2) is 4.79 Å². The molecule has 1 spiro atoms. The standard InChI is InChI=1S/C27H40N2O5/c1-26(2,3)34-25(31)29-16-7-15-27(19-32-17-14-24(30)28-27)23(29)18-33-22-12-10-21(11-13-22)20-8-5-4-6-9-20/h4-6,8-9,21-23H,7,10-19H2,1-3H3,(H,28,30)/t21?,22?,23-,27+/m0/s1. The number of carbonyl (C=O) groups is 2. The Bertz CT molecular complexity index is 831. The van der Waals surface area contributed by atoms with Crippen molar-refractivity contribution in [1.82, 2.24) is 10.2 Å². The summed E-state index contributed by atoms with van der Waals surface area (Å²) in [4.78, 5) is 27.4. The van der Waals surface area contributed by atoms with Crippen molar-refractivity contribution in [3.8, 4) is 0 Å². The number of nitrogens with one attached hydrogen (secondary N) is 1. The van der Waals surface area contributed by atoms with Gasteiger partial charge in [-0.15, -0.1) is 0 Å². The minimum atomic E-state index is -0.649. The number of benzene rings is 1. The fraction of sp³-hybridized carbons (Fsp3) is 0.704. The fourth-order valence-electron chi connectivity index (χ4n) is 5.60. The Balaban J connectivity index is 1.45. The molecular formula is C27H40N2O5. The van der Waals surface area contributed by atoms with E-state index in [4.69, 9.17) is 14.2 Å². The number of ether oxygens (including phenoxy) is 3. The predicted octanol–water partition coefficient (Wildman–Crippen LogP) is 4.40. The molecule has 0 radical (unpaired) electrons. The number of hydrogen-bond acceptors (Lipinski definition) is 5. The summed E-state index contributed by atoms with van der Waals surface area (Å²) in [5, 5.41) is 3.21. The van der Waals surface area contributed by atoms with Gasteiger partial charge in [0.25, 0.3) is 0 Å². The summed E-state index contributed by atoms with van der Waals surface area (Å²) >= 11 is 0. The van der Waals surface area contributed by atoms with Crippen LogP contribution in [-0.4, -0.2) is 66.6 Å². The Hall–Kier alpha value is -2.12. The molecule has 7 nitrogen and oxygen atoms in total. The van der Waals surface area contributed by atoms with Gasteiger partial charge in [0.15, 0.2) is 0 Å². The minimum Gasteiger partial charge on any atom is -0.444 e. The van der Waals surface area contributed by atoms with E-state index in [9.17, 15) is 9.59 Å². The van der Waals surface area contributed by atoms with E-state index in [1.807, 2.05) is 20.8 Å². The number of amides is 2. The minimum absolute atomic E-state index is 0.0306. The highest BCUT2D eigenvalue weighted by atomic mass is 16.6. The van der Waals surface area contributed by atoms with Gasteiger partial charge in [-0.3, -0.25) is 4.79 Å². The Morgan fingerprint density at radius 2 is 1.91 bits per heavy atom. The molecule has 2 saturated heterocycles. The number of carbonyl (C=O) groups excluding carboxylic acids is 2. The molecule has 1 aromatic carbocycles. The topological polar surface area (TPSA) is 77.1 Å². The molecule has 3 aliphatic rings. The molecule has 0 aromatic heterocycles. The normalized spacial score (nSPS) is 30.5. The van der Waals surface area contributed by atoms with E-state index in [2.05, 4.69) is 35.6 Å². The van der Waals surface area contributed by atoms with Crippen molar-refractivity contribution in [2.24, 2.45) is 0 Å². The number of piperidine rings is 1. The summed E-state index contributed by atoms with van der Waals surface area (Å²) in [6.45, 7) is 7.35. The molecule has 2 atom stereocenters. The number of hydrogen-bond donors (Lipinski definition) is 1. The maximum atomic E-state index is 13.2. The van der Waals surface area contributed by atoms with Gasteiger partial charge < -0.3 is 24.4 Å². The highest BCUT2D eigenvalue weighted by Crippen LogP contribution is 2.36. The molecule has 1 aliphatic carbocycles. The van der Waals surface area contributed by atoms with Crippen molar-refractivity contribution in [2.75, 3.05) is 26.4 Å². The summed E-state index contributed by atoms with van der Waals surface area (Å²) in [5.41, 5.74) is 0.164. The molecule has 3 fully saturated rings. The first-order valence-corrected chi connectivity index (χ1v) is 12.8. The molecule has 7 heteroatoms. The molecule has 2 heterocycles. The first-order chi connectivity index (χ1) is 16.3. The van der Waals surface area contributed by atoms with Crippen molar-refractivity contribution in [2.45, 2.75) is 94.9 Å². The van der Waals surface area contributed by atoms with Crippen molar-refractivity contribution in [1.29, 1.82) is 0 Å². The van der Waals surface area contributed by atoms with Gasteiger partial charge in [0.2, 0.25) is 5.91 Å². The van der Waals surface area contributed by atoms with E-state index in [1.165, 1.54) is 5.56 Å². The molecule has 1 aromatic rings. The Morgan fingerprint density at radius 3 is 2.62 bits per heavy atom. The number of nitrogens with zero attached hydrogens (tertiary/aromatic N) is 1. The van der Waals surface area contributed by atoms with Crippen molar-refractivity contribution < 1.29 is 23.8 Å². The third-order valence-electron chi connectivity index (χ3n) is 7.32. The smallest absolute Gasteiger partial charge is 0.410 e. The van der Waals surface area contributed by atoms with Gasteiger partial charge in [0.05, 0.1) is 37.5 Å². The van der Waals surface area contributed by atoms with Gasteiger partial charge in [-0.1, -0.05) is 30.3 Å². The largest absolute Gasteiger partial charge is 0.444 e. The molecule has 1 saturated carbocycles. The Kier molecular flexibility index (Phi) is 7.83. The number of likely N-dealkylation sites (tertiary alicyclic amines) is 1. The zero-order valence-electron chi connectivity index (χ0n) is 20.9. The van der Waals surface area contributed by atoms with Crippen molar-refractivity contribution in [3.63, 3.8) is 0 Å². The molecule has 4 rings (SSSR count). The molecule has 1 N–H and O–H groups in total. The summed E-state index contributed by atoms with van der Waals surface area (Å²) in [7, 11) is 0. The van der Waals surface area contributed by atoms with Crippen LogP contribution >= 0.6 is 0 Å². The second kappa shape index (κ2) is 10.6. The third-order valence-corrected chi connectivity index (χ3v) is 7.32. The zero-order valence-corrected chi connectivity index (χ0v) is 20.9. The van der Waals surface area contributed by atoms with E-state index in [-0.39, 0.29) is 24.1 Å². The lowest BCUT2D eigenvalue weighted by atomic mass is 9.81. The molecule has 0 unspecified atom stereocenters. The van der Waals surface area contributed by atoms with Crippen LogP contribution in [0.4, 0.5) is 4.79 Å². The van der Waals surface area contributed by atoms with Crippen LogP contribution in [0.3, 0.4) is 0 Å². The highest BCUT2D eigenvalue weighted by molar-refractivity contribution is 5.77. The zero-order chi connectivity index (χ0) is 24.2. The van der Waals surface area contributed by atoms with Crippen LogP contribution in [0.5, 0.6) is 0 Å². The predicted molar refractivity (Wildman–Crippen MR) is 130 cm³/mol. The van der Waals surface area contributed by atoms with E-state index >= 15 is 0 Å². The highest BCUT2D eigenvalue weighted by Gasteiger charge is 2.49. The lowest BCUT2D eigenvalue weighted by molar-refractivity contribution is -0.125. The van der Waals surface area contributed by atoms with Crippen molar-refractivity contribution in [3.05, 3.63) is 35.9 Å². The molecule has 2 aliphatic heterocycles. The molecule has 34 heavy (non-hydrogen) atoms. The van der Waals surface area contributed by atoms with Crippen LogP contribution in [-0.2, 0) is 19.0 Å². The van der Waals surface area contributed by atoms with E-state index in [1.54, 1.807) is 4.90 Å². The van der Waals surface area contributed by atoms with Crippen LogP contribution in [0.2, 0.25) is 0 Å². The van der Waals surface area contributed by atoms with Crippen LogP contribution in [0.15, 0.2) is 30.3 Å². The van der Waals surface area contributed by atoms with E-state index in [0.29, 0.717) is 38.7 Å². The van der Waals surface area contributed by atoms with Gasteiger partial charge in [-0.2, -0.15) is 0 Å². The van der Waals surface area contributed by atoms with Gasteiger partial charge in [0.1, 0.15) is 5.60 Å². The lowest BCUT2D eigenvalue weighted by Gasteiger charge is -2.49. The molecule has 0 bridgehead atoms. The summed E-state index contributed by atoms with van der Waals surface area (Å²) in [6.07, 6.45) is 5.86. The summed E-state index contributed by atoms with van der Waals surface area (Å²) < 4.78 is 18.1. The van der Waals surface area contributed by atoms with Gasteiger partial charge >= 0.3 is 6.09 Å². The van der Waals surface area contributed by atoms with Crippen LogP contribution in [0.25, 0.3) is 0 Å². The molecule has 188 valence electrons. The summed E-state index contributed by atoms with van der Waals surface area (Å²) in [6, 6.07) is 10.4. The fourth-order valence-corrected chi connectivity index (χ4v) is 5.60. The molecule has 2 amide bonds. The Labute approximate surface area is 203 Å². The van der Waals surface area contributed by atoms with Gasteiger partial charge in [-0.05, 0) is 70.8 Å². The lowest BCUT2D eigenvalue weighted by Crippen LogP contribution is -2.69. The first kappa shape index (κ1) is 25.0. The maximum Gasteiger partial charge on any atom is 0.410 e. The van der Waals surface area contributed by atoms with Crippen LogP contribution < -0.4 is 5.32 Å². The molecular weight excluding hydrogens is 432 g/mol. The van der Waals surface area contributed by atoms with Crippen molar-refractivity contribution >= 4 is 12.0 Å². The average Bonchev–Trinajstić information content (AvgIpc) is 2.99. The Morgan fingerprint density at radius 1 is 1.18 bits per heavy atom. The number of rotatable bonds is 4. The first-order valence-electron chi connectivity index (χ1n) is 12.8. The van der Waals surface area contributed by atoms with E-state index in [0.717, 1.165) is 38.5 Å². The second-order valence-corrected chi connectivity index (χ2v) is 11.0. The SMILES string of the molecule is CC(C)(C)OC(=O)N1CCC[C@@]2(COCCC(=O)N2)[C@@H]1COC1CCC(c2ccccc2)CC1. The average molecular weight is 473 g/mol. The van der Waals surface area contributed by atoms with Gasteiger partial charge in [0, 0.05) is 13.0 Å². The summed E-state index contributed by atoms with van der Waals surface area (Å²) in [5.74, 6) is 0.548. The third kappa shape index (κ3) is 6.11. The van der Waals surface area contributed by atoms with E-state index < -0.39 is 11.1 Å². The monoisotopic (exact) mass is 472 g/mol. The maximum absolute atomic E-state index is 13.2. The van der Waals surface area contributed by atoms with Crippen LogP contribution in [0, 0.1) is 0 Å². The van der Waals surface area contributed by atoms with Crippen LogP contribution in [0.1, 0.15) is 77.2 Å². The quantitative estimate of drug-likeness (QED) is 0.703.